The molecule has 0 bridgehead atoms. The van der Waals surface area contributed by atoms with E-state index in [1.54, 1.807) is 13.2 Å². The summed E-state index contributed by atoms with van der Waals surface area (Å²) in [6.07, 6.45) is 0. The second-order valence-electron chi connectivity index (χ2n) is 4.24. The molecular weight excluding hydrogens is 254 g/mol. The number of hydrogen-bond donors (Lipinski definition) is 3. The Labute approximate surface area is 117 Å². The van der Waals surface area contributed by atoms with Crippen LogP contribution in [0.1, 0.15) is 5.56 Å². The number of rotatable bonds is 5. The number of benzene rings is 2. The monoisotopic (exact) mass is 271 g/mol. The number of carbonyl (C=O) groups excluding carboxylic acids is 1. The predicted octanol–water partition coefficient (Wildman–Crippen LogP) is 2.80. The number of urea groups is 1. The lowest BCUT2D eigenvalue weighted by molar-refractivity contribution is 0.259. The first kappa shape index (κ1) is 13.7. The first-order valence-electron chi connectivity index (χ1n) is 6.21. The van der Waals surface area contributed by atoms with Crippen molar-refractivity contribution in [2.75, 3.05) is 17.7 Å². The fraction of sp³-hybridized carbons (Fsp3) is 0.133. The van der Waals surface area contributed by atoms with E-state index in [1.165, 1.54) is 0 Å². The number of para-hydroxylation sites is 1. The number of carbonyl (C=O) groups is 1. The molecule has 0 atom stereocenters. The van der Waals surface area contributed by atoms with Crippen LogP contribution in [0.25, 0.3) is 0 Å². The summed E-state index contributed by atoms with van der Waals surface area (Å²) in [5.41, 5.74) is 7.70. The van der Waals surface area contributed by atoms with Gasteiger partial charge in [-0.1, -0.05) is 24.3 Å². The highest BCUT2D eigenvalue weighted by molar-refractivity contribution is 5.88. The first-order chi connectivity index (χ1) is 9.69. The zero-order chi connectivity index (χ0) is 14.4. The molecule has 0 aliphatic heterocycles. The van der Waals surface area contributed by atoms with Crippen LogP contribution in [0.15, 0.2) is 48.5 Å². The highest BCUT2D eigenvalue weighted by Crippen LogP contribution is 2.20. The van der Waals surface area contributed by atoms with E-state index < -0.39 is 6.03 Å². The average Bonchev–Trinajstić information content (AvgIpc) is 2.45. The Hall–Kier alpha value is -2.69. The molecule has 5 heteroatoms. The van der Waals surface area contributed by atoms with Gasteiger partial charge in [0.2, 0.25) is 0 Å². The van der Waals surface area contributed by atoms with E-state index in [0.717, 1.165) is 17.0 Å². The predicted molar refractivity (Wildman–Crippen MR) is 80.0 cm³/mol. The first-order valence-corrected chi connectivity index (χ1v) is 6.21. The highest BCUT2D eigenvalue weighted by atomic mass is 16.5. The smallest absolute Gasteiger partial charge is 0.316 e. The van der Waals surface area contributed by atoms with Crippen molar-refractivity contribution >= 4 is 17.4 Å². The second-order valence-corrected chi connectivity index (χ2v) is 4.24. The molecule has 20 heavy (non-hydrogen) atoms. The minimum atomic E-state index is -0.577. The molecule has 104 valence electrons. The number of nitrogens with one attached hydrogen (secondary N) is 2. The lowest BCUT2D eigenvalue weighted by atomic mass is 10.2. The van der Waals surface area contributed by atoms with Crippen LogP contribution >= 0.6 is 0 Å². The fourth-order valence-electron chi connectivity index (χ4n) is 1.90. The maximum absolute atomic E-state index is 10.8. The molecule has 4 N–H and O–H groups in total. The molecule has 2 aromatic rings. The van der Waals surface area contributed by atoms with Gasteiger partial charge in [0.05, 0.1) is 7.11 Å². The van der Waals surface area contributed by atoms with Gasteiger partial charge in [-0.2, -0.15) is 0 Å². The number of hydrogen-bond acceptors (Lipinski definition) is 3. The standard InChI is InChI=1S/C15H17N3O2/c1-20-14-8-3-2-5-11(14)10-17-12-6-4-7-13(9-12)18-15(16)19/h2-9,17H,10H2,1H3,(H3,16,18,19). The van der Waals surface area contributed by atoms with Crippen LogP contribution in [-0.4, -0.2) is 13.1 Å². The largest absolute Gasteiger partial charge is 0.496 e. The van der Waals surface area contributed by atoms with Crippen LogP contribution in [0, 0.1) is 0 Å². The fourth-order valence-corrected chi connectivity index (χ4v) is 1.90. The highest BCUT2D eigenvalue weighted by Gasteiger charge is 2.02. The summed E-state index contributed by atoms with van der Waals surface area (Å²) in [4.78, 5) is 10.8. The molecule has 2 amide bonds. The van der Waals surface area contributed by atoms with Crippen molar-refractivity contribution < 1.29 is 9.53 Å². The molecule has 0 aliphatic rings. The Morgan fingerprint density at radius 3 is 2.65 bits per heavy atom. The molecule has 0 radical (unpaired) electrons. The Bertz CT molecular complexity index is 599. The van der Waals surface area contributed by atoms with Crippen molar-refractivity contribution in [2.45, 2.75) is 6.54 Å². The van der Waals surface area contributed by atoms with E-state index in [9.17, 15) is 4.79 Å². The number of primary amides is 1. The number of amides is 2. The molecule has 0 fully saturated rings. The molecule has 0 spiro atoms. The zero-order valence-electron chi connectivity index (χ0n) is 11.2. The quantitative estimate of drug-likeness (QED) is 0.782. The van der Waals surface area contributed by atoms with Gasteiger partial charge in [0.1, 0.15) is 5.75 Å². The lowest BCUT2D eigenvalue weighted by Gasteiger charge is -2.11. The molecule has 0 saturated carbocycles. The van der Waals surface area contributed by atoms with Crippen molar-refractivity contribution in [2.24, 2.45) is 5.73 Å². The summed E-state index contributed by atoms with van der Waals surface area (Å²) in [5.74, 6) is 0.839. The number of nitrogens with two attached hydrogens (primary N) is 1. The molecule has 0 unspecified atom stereocenters. The van der Waals surface area contributed by atoms with E-state index in [4.69, 9.17) is 10.5 Å². The van der Waals surface area contributed by atoms with E-state index in [1.807, 2.05) is 42.5 Å². The molecule has 2 rings (SSSR count). The van der Waals surface area contributed by atoms with Gasteiger partial charge in [0, 0.05) is 23.5 Å². The lowest BCUT2D eigenvalue weighted by Crippen LogP contribution is -2.19. The minimum absolute atomic E-state index is 0.577. The van der Waals surface area contributed by atoms with E-state index >= 15 is 0 Å². The molecule has 5 nitrogen and oxygen atoms in total. The Kier molecular flexibility index (Phi) is 4.44. The SMILES string of the molecule is COc1ccccc1CNc1cccc(NC(N)=O)c1. The van der Waals surface area contributed by atoms with Gasteiger partial charge < -0.3 is 21.1 Å². The van der Waals surface area contributed by atoms with Gasteiger partial charge in [-0.05, 0) is 24.3 Å². The van der Waals surface area contributed by atoms with Crippen LogP contribution in [0.3, 0.4) is 0 Å². The Balaban J connectivity index is 2.05. The van der Waals surface area contributed by atoms with E-state index in [2.05, 4.69) is 10.6 Å². The van der Waals surface area contributed by atoms with E-state index in [-0.39, 0.29) is 0 Å². The Morgan fingerprint density at radius 2 is 1.90 bits per heavy atom. The molecule has 2 aromatic carbocycles. The third kappa shape index (κ3) is 3.65. The molecule has 0 heterocycles. The number of methoxy groups -OCH3 is 1. The van der Waals surface area contributed by atoms with Crippen LogP contribution < -0.4 is 21.1 Å². The summed E-state index contributed by atoms with van der Waals surface area (Å²) < 4.78 is 5.30. The number of anilines is 2. The molecular formula is C15H17N3O2. The van der Waals surface area contributed by atoms with Gasteiger partial charge in [0.25, 0.3) is 0 Å². The summed E-state index contributed by atoms with van der Waals surface area (Å²) in [5, 5.41) is 5.82. The van der Waals surface area contributed by atoms with E-state index in [0.29, 0.717) is 12.2 Å². The van der Waals surface area contributed by atoms with Gasteiger partial charge in [0.15, 0.2) is 0 Å². The van der Waals surface area contributed by atoms with Crippen molar-refractivity contribution in [3.63, 3.8) is 0 Å². The van der Waals surface area contributed by atoms with Crippen LogP contribution in [0.4, 0.5) is 16.2 Å². The molecule has 0 aliphatic carbocycles. The van der Waals surface area contributed by atoms with Crippen molar-refractivity contribution in [3.8, 4) is 5.75 Å². The van der Waals surface area contributed by atoms with Crippen molar-refractivity contribution in [3.05, 3.63) is 54.1 Å². The van der Waals surface area contributed by atoms with Gasteiger partial charge >= 0.3 is 6.03 Å². The van der Waals surface area contributed by atoms with Gasteiger partial charge in [-0.25, -0.2) is 4.79 Å². The number of ether oxygens (including phenoxy) is 1. The average molecular weight is 271 g/mol. The van der Waals surface area contributed by atoms with Crippen LogP contribution in [0.5, 0.6) is 5.75 Å². The Morgan fingerprint density at radius 1 is 1.15 bits per heavy atom. The third-order valence-corrected chi connectivity index (χ3v) is 2.81. The normalized spacial score (nSPS) is 9.85. The maximum Gasteiger partial charge on any atom is 0.316 e. The van der Waals surface area contributed by atoms with Crippen LogP contribution in [-0.2, 0) is 6.54 Å². The molecule has 0 aromatic heterocycles. The zero-order valence-corrected chi connectivity index (χ0v) is 11.2. The van der Waals surface area contributed by atoms with Crippen molar-refractivity contribution in [1.82, 2.24) is 0 Å². The second kappa shape index (κ2) is 6.47. The summed E-state index contributed by atoms with van der Waals surface area (Å²) >= 11 is 0. The van der Waals surface area contributed by atoms with Crippen LogP contribution in [0.2, 0.25) is 0 Å². The van der Waals surface area contributed by atoms with Crippen molar-refractivity contribution in [1.29, 1.82) is 0 Å². The third-order valence-electron chi connectivity index (χ3n) is 2.81. The molecule has 0 saturated heterocycles. The summed E-state index contributed by atoms with van der Waals surface area (Å²) in [6.45, 7) is 0.629. The van der Waals surface area contributed by atoms with Gasteiger partial charge in [-0.3, -0.25) is 0 Å². The minimum Gasteiger partial charge on any atom is -0.496 e. The summed E-state index contributed by atoms with van der Waals surface area (Å²) in [6, 6.07) is 14.6. The topological polar surface area (TPSA) is 76.4 Å². The van der Waals surface area contributed by atoms with Gasteiger partial charge in [-0.15, -0.1) is 0 Å². The maximum atomic E-state index is 10.8. The summed E-state index contributed by atoms with van der Waals surface area (Å²) in [7, 11) is 1.65.